The van der Waals surface area contributed by atoms with E-state index in [1.807, 2.05) is 0 Å². The smallest absolute Gasteiger partial charge is 0.222 e. The van der Waals surface area contributed by atoms with E-state index in [4.69, 9.17) is 4.74 Å². The van der Waals surface area contributed by atoms with Crippen molar-refractivity contribution in [3.05, 3.63) is 0 Å². The van der Waals surface area contributed by atoms with E-state index in [0.717, 1.165) is 39.0 Å². The Morgan fingerprint density at radius 1 is 1.30 bits per heavy atom. The topological polar surface area (TPSA) is 29.5 Å². The van der Waals surface area contributed by atoms with Crippen molar-refractivity contribution < 1.29 is 9.53 Å². The first-order valence-corrected chi connectivity index (χ1v) is 8.31. The summed E-state index contributed by atoms with van der Waals surface area (Å²) in [7, 11) is 0. The SMILES string of the molecule is CC(C)[C@H](CC(=O)N1CCCC1)[C@@H]1CCOC(C)(C)C1. The number of rotatable bonds is 4. The Bertz CT molecular complexity index is 332. The van der Waals surface area contributed by atoms with Gasteiger partial charge in [-0.15, -0.1) is 0 Å². The fourth-order valence-corrected chi connectivity index (χ4v) is 3.89. The number of carbonyl (C=O) groups excluding carboxylic acids is 1. The molecule has 2 rings (SSSR count). The summed E-state index contributed by atoms with van der Waals surface area (Å²) in [5, 5.41) is 0. The van der Waals surface area contributed by atoms with Gasteiger partial charge in [-0.25, -0.2) is 0 Å². The van der Waals surface area contributed by atoms with E-state index in [2.05, 4.69) is 32.6 Å². The van der Waals surface area contributed by atoms with Crippen molar-refractivity contribution in [1.82, 2.24) is 4.90 Å². The summed E-state index contributed by atoms with van der Waals surface area (Å²) in [6.07, 6.45) is 5.30. The van der Waals surface area contributed by atoms with Crippen LogP contribution in [0.3, 0.4) is 0 Å². The third-order valence-corrected chi connectivity index (χ3v) is 5.07. The third-order valence-electron chi connectivity index (χ3n) is 5.07. The van der Waals surface area contributed by atoms with E-state index < -0.39 is 0 Å². The van der Waals surface area contributed by atoms with Crippen LogP contribution in [0.2, 0.25) is 0 Å². The lowest BCUT2D eigenvalue weighted by Gasteiger charge is -2.40. The molecule has 2 saturated heterocycles. The first-order chi connectivity index (χ1) is 9.39. The van der Waals surface area contributed by atoms with E-state index in [1.165, 1.54) is 12.8 Å². The second-order valence-electron chi connectivity index (χ2n) is 7.56. The molecule has 2 aliphatic heterocycles. The van der Waals surface area contributed by atoms with Gasteiger partial charge in [0, 0.05) is 26.1 Å². The predicted molar refractivity (Wildman–Crippen MR) is 81.5 cm³/mol. The number of carbonyl (C=O) groups is 1. The summed E-state index contributed by atoms with van der Waals surface area (Å²) in [5.41, 5.74) is -0.0211. The molecule has 2 heterocycles. The standard InChI is InChI=1S/C17H31NO2/c1-13(2)15(11-16(19)18-8-5-6-9-18)14-7-10-20-17(3,4)12-14/h13-15H,5-12H2,1-4H3/t14-,15+/m1/s1. The van der Waals surface area contributed by atoms with Gasteiger partial charge in [-0.1, -0.05) is 13.8 Å². The Morgan fingerprint density at radius 3 is 2.50 bits per heavy atom. The first-order valence-electron chi connectivity index (χ1n) is 8.31. The molecule has 116 valence electrons. The van der Waals surface area contributed by atoms with Crippen LogP contribution < -0.4 is 0 Å². The quantitative estimate of drug-likeness (QED) is 0.789. The van der Waals surface area contributed by atoms with Crippen molar-refractivity contribution in [2.24, 2.45) is 17.8 Å². The van der Waals surface area contributed by atoms with Crippen LogP contribution >= 0.6 is 0 Å². The average Bonchev–Trinajstić information content (AvgIpc) is 2.87. The van der Waals surface area contributed by atoms with Gasteiger partial charge in [0.25, 0.3) is 0 Å². The molecule has 3 nitrogen and oxygen atoms in total. The van der Waals surface area contributed by atoms with Gasteiger partial charge in [0.1, 0.15) is 0 Å². The highest BCUT2D eigenvalue weighted by molar-refractivity contribution is 5.76. The van der Waals surface area contributed by atoms with Crippen molar-refractivity contribution in [1.29, 1.82) is 0 Å². The highest BCUT2D eigenvalue weighted by atomic mass is 16.5. The molecule has 2 aliphatic rings. The number of hydrogen-bond donors (Lipinski definition) is 0. The zero-order chi connectivity index (χ0) is 14.8. The van der Waals surface area contributed by atoms with Crippen molar-refractivity contribution in [3.8, 4) is 0 Å². The summed E-state index contributed by atoms with van der Waals surface area (Å²) in [6, 6.07) is 0. The second-order valence-corrected chi connectivity index (χ2v) is 7.56. The van der Waals surface area contributed by atoms with Crippen LogP contribution in [0.25, 0.3) is 0 Å². The van der Waals surface area contributed by atoms with E-state index in [9.17, 15) is 4.79 Å². The fourth-order valence-electron chi connectivity index (χ4n) is 3.89. The van der Waals surface area contributed by atoms with Gasteiger partial charge < -0.3 is 9.64 Å². The van der Waals surface area contributed by atoms with Crippen LogP contribution in [0.4, 0.5) is 0 Å². The van der Waals surface area contributed by atoms with Gasteiger partial charge in [-0.05, 0) is 57.3 Å². The Labute approximate surface area is 124 Å². The predicted octanol–water partition coefficient (Wildman–Crippen LogP) is 3.48. The number of likely N-dealkylation sites (tertiary alicyclic amines) is 1. The van der Waals surface area contributed by atoms with Crippen molar-refractivity contribution in [2.75, 3.05) is 19.7 Å². The summed E-state index contributed by atoms with van der Waals surface area (Å²) < 4.78 is 5.83. The fraction of sp³-hybridized carbons (Fsp3) is 0.941. The van der Waals surface area contributed by atoms with Crippen LogP contribution in [0.5, 0.6) is 0 Å². The summed E-state index contributed by atoms with van der Waals surface area (Å²) in [6.45, 7) is 11.7. The second kappa shape index (κ2) is 6.46. The van der Waals surface area contributed by atoms with Crippen molar-refractivity contribution >= 4 is 5.91 Å². The van der Waals surface area contributed by atoms with Gasteiger partial charge in [-0.3, -0.25) is 4.79 Å². The molecule has 0 aromatic rings. The van der Waals surface area contributed by atoms with Crippen LogP contribution in [0.1, 0.15) is 59.8 Å². The highest BCUT2D eigenvalue weighted by Crippen LogP contribution is 2.38. The molecule has 3 heteroatoms. The number of hydrogen-bond acceptors (Lipinski definition) is 2. The third kappa shape index (κ3) is 3.97. The first kappa shape index (κ1) is 15.8. The van der Waals surface area contributed by atoms with Gasteiger partial charge in [-0.2, -0.15) is 0 Å². The Kier molecular flexibility index (Phi) is 5.11. The monoisotopic (exact) mass is 281 g/mol. The largest absolute Gasteiger partial charge is 0.376 e. The van der Waals surface area contributed by atoms with Crippen molar-refractivity contribution in [2.45, 2.75) is 65.4 Å². The van der Waals surface area contributed by atoms with E-state index in [0.29, 0.717) is 23.7 Å². The number of nitrogens with zero attached hydrogens (tertiary/aromatic N) is 1. The van der Waals surface area contributed by atoms with Crippen LogP contribution in [-0.2, 0) is 9.53 Å². The lowest BCUT2D eigenvalue weighted by atomic mass is 9.73. The zero-order valence-corrected chi connectivity index (χ0v) is 13.7. The van der Waals surface area contributed by atoms with Gasteiger partial charge in [0.15, 0.2) is 0 Å². The minimum absolute atomic E-state index is 0.0211. The highest BCUT2D eigenvalue weighted by Gasteiger charge is 2.36. The maximum Gasteiger partial charge on any atom is 0.222 e. The molecular formula is C17H31NO2. The molecular weight excluding hydrogens is 250 g/mol. The van der Waals surface area contributed by atoms with Crippen LogP contribution in [-0.4, -0.2) is 36.1 Å². The molecule has 0 aromatic carbocycles. The molecule has 0 spiro atoms. The van der Waals surface area contributed by atoms with E-state index in [-0.39, 0.29) is 5.60 Å². The molecule has 0 radical (unpaired) electrons. The van der Waals surface area contributed by atoms with Crippen LogP contribution in [0.15, 0.2) is 0 Å². The van der Waals surface area contributed by atoms with Crippen molar-refractivity contribution in [3.63, 3.8) is 0 Å². The normalized spacial score (nSPS) is 27.9. The molecule has 0 bridgehead atoms. The maximum absolute atomic E-state index is 12.5. The molecule has 0 N–H and O–H groups in total. The summed E-state index contributed by atoms with van der Waals surface area (Å²) in [4.78, 5) is 14.5. The number of amides is 1. The minimum Gasteiger partial charge on any atom is -0.376 e. The van der Waals surface area contributed by atoms with E-state index in [1.54, 1.807) is 0 Å². The molecule has 0 unspecified atom stereocenters. The van der Waals surface area contributed by atoms with Gasteiger partial charge in [0.2, 0.25) is 5.91 Å². The summed E-state index contributed by atoms with van der Waals surface area (Å²) >= 11 is 0. The molecule has 0 aromatic heterocycles. The number of ether oxygens (including phenoxy) is 1. The van der Waals surface area contributed by atoms with Gasteiger partial charge >= 0.3 is 0 Å². The minimum atomic E-state index is -0.0211. The van der Waals surface area contributed by atoms with Crippen LogP contribution in [0, 0.1) is 17.8 Å². The van der Waals surface area contributed by atoms with E-state index >= 15 is 0 Å². The zero-order valence-electron chi connectivity index (χ0n) is 13.7. The Hall–Kier alpha value is -0.570. The molecule has 0 aliphatic carbocycles. The molecule has 2 fully saturated rings. The summed E-state index contributed by atoms with van der Waals surface area (Å²) in [5.74, 6) is 2.09. The molecule has 20 heavy (non-hydrogen) atoms. The molecule has 1 amide bonds. The lowest BCUT2D eigenvalue weighted by molar-refractivity contribution is -0.134. The Balaban J connectivity index is 1.97. The maximum atomic E-state index is 12.5. The average molecular weight is 281 g/mol. The molecule has 2 atom stereocenters. The van der Waals surface area contributed by atoms with Gasteiger partial charge in [0.05, 0.1) is 5.60 Å². The molecule has 0 saturated carbocycles. The lowest BCUT2D eigenvalue weighted by Crippen LogP contribution is -2.40. The Morgan fingerprint density at radius 2 is 1.95 bits per heavy atom.